The van der Waals surface area contributed by atoms with Gasteiger partial charge in [-0.25, -0.2) is 0 Å². The van der Waals surface area contributed by atoms with Crippen molar-refractivity contribution >= 4 is 11.0 Å². The van der Waals surface area contributed by atoms with Gasteiger partial charge in [-0.15, -0.1) is 0 Å². The van der Waals surface area contributed by atoms with E-state index in [2.05, 4.69) is 6.07 Å². The average Bonchev–Trinajstić information content (AvgIpc) is 2.90. The highest BCUT2D eigenvalue weighted by Gasteiger charge is 2.33. The van der Waals surface area contributed by atoms with Crippen LogP contribution in [0.3, 0.4) is 0 Å². The van der Waals surface area contributed by atoms with Crippen LogP contribution in [0.25, 0.3) is 11.0 Å². The lowest BCUT2D eigenvalue weighted by molar-refractivity contribution is 0.100. The van der Waals surface area contributed by atoms with Gasteiger partial charge in [-0.1, -0.05) is 18.2 Å². The van der Waals surface area contributed by atoms with E-state index >= 15 is 0 Å². The third-order valence-corrected chi connectivity index (χ3v) is 3.36. The molecule has 1 aromatic carbocycles. The van der Waals surface area contributed by atoms with Crippen LogP contribution in [-0.4, -0.2) is 6.61 Å². The van der Waals surface area contributed by atoms with Crippen molar-refractivity contribution in [2.24, 2.45) is 5.92 Å². The van der Waals surface area contributed by atoms with Gasteiger partial charge in [0.05, 0.1) is 12.0 Å². The highest BCUT2D eigenvalue weighted by atomic mass is 16.5. The maximum Gasteiger partial charge on any atom is 0.134 e. The standard InChI is InChI=1S/C14H13NO2/c1-9-13(14-10(8-15)6-7-16-14)11-4-2-3-5-12(11)17-9/h2-5,10,14H,6-7H2,1H3. The van der Waals surface area contributed by atoms with Gasteiger partial charge in [0.2, 0.25) is 0 Å². The average molecular weight is 227 g/mol. The number of benzene rings is 1. The SMILES string of the molecule is Cc1oc2ccccc2c1C1OCCC1C#N. The van der Waals surface area contributed by atoms with Crippen molar-refractivity contribution < 1.29 is 9.15 Å². The molecule has 1 aliphatic heterocycles. The third kappa shape index (κ3) is 1.53. The first-order valence-corrected chi connectivity index (χ1v) is 5.80. The summed E-state index contributed by atoms with van der Waals surface area (Å²) >= 11 is 0. The highest BCUT2D eigenvalue weighted by molar-refractivity contribution is 5.82. The van der Waals surface area contributed by atoms with Gasteiger partial charge in [-0.2, -0.15) is 5.26 Å². The van der Waals surface area contributed by atoms with E-state index in [4.69, 9.17) is 14.4 Å². The van der Waals surface area contributed by atoms with Gasteiger partial charge < -0.3 is 9.15 Å². The van der Waals surface area contributed by atoms with Gasteiger partial charge in [0.25, 0.3) is 0 Å². The maximum absolute atomic E-state index is 9.14. The van der Waals surface area contributed by atoms with E-state index in [0.29, 0.717) is 6.61 Å². The first kappa shape index (κ1) is 10.4. The van der Waals surface area contributed by atoms with E-state index in [1.54, 1.807) is 0 Å². The van der Waals surface area contributed by atoms with Crippen LogP contribution >= 0.6 is 0 Å². The van der Waals surface area contributed by atoms with Gasteiger partial charge in [0.15, 0.2) is 0 Å². The summed E-state index contributed by atoms with van der Waals surface area (Å²) in [4.78, 5) is 0. The second-order valence-electron chi connectivity index (χ2n) is 4.38. The van der Waals surface area contributed by atoms with E-state index in [0.717, 1.165) is 28.7 Å². The fraction of sp³-hybridized carbons (Fsp3) is 0.357. The first-order valence-electron chi connectivity index (χ1n) is 5.80. The van der Waals surface area contributed by atoms with E-state index in [-0.39, 0.29) is 12.0 Å². The zero-order valence-corrected chi connectivity index (χ0v) is 9.64. The normalized spacial score (nSPS) is 24.0. The van der Waals surface area contributed by atoms with Gasteiger partial charge in [0, 0.05) is 17.6 Å². The predicted octanol–water partition coefficient (Wildman–Crippen LogP) is 3.34. The van der Waals surface area contributed by atoms with E-state index in [1.165, 1.54) is 0 Å². The molecule has 1 aliphatic rings. The maximum atomic E-state index is 9.14. The summed E-state index contributed by atoms with van der Waals surface area (Å²) in [5.41, 5.74) is 1.91. The van der Waals surface area contributed by atoms with Crippen LogP contribution in [0.2, 0.25) is 0 Å². The van der Waals surface area contributed by atoms with Crippen LogP contribution in [0.5, 0.6) is 0 Å². The Morgan fingerprint density at radius 3 is 3.00 bits per heavy atom. The predicted molar refractivity (Wildman–Crippen MR) is 63.4 cm³/mol. The molecular weight excluding hydrogens is 214 g/mol. The molecule has 0 spiro atoms. The molecule has 0 N–H and O–H groups in total. The summed E-state index contributed by atoms with van der Waals surface area (Å²) < 4.78 is 11.4. The van der Waals surface area contributed by atoms with Crippen LogP contribution in [-0.2, 0) is 4.74 Å². The molecule has 2 heterocycles. The Morgan fingerprint density at radius 2 is 2.18 bits per heavy atom. The van der Waals surface area contributed by atoms with Gasteiger partial charge in [-0.3, -0.25) is 0 Å². The third-order valence-electron chi connectivity index (χ3n) is 3.36. The van der Waals surface area contributed by atoms with Crippen molar-refractivity contribution in [1.82, 2.24) is 0 Å². The number of hydrogen-bond acceptors (Lipinski definition) is 3. The van der Waals surface area contributed by atoms with Crippen LogP contribution < -0.4 is 0 Å². The van der Waals surface area contributed by atoms with Crippen molar-refractivity contribution in [1.29, 1.82) is 5.26 Å². The molecule has 3 heteroatoms. The monoisotopic (exact) mass is 227 g/mol. The van der Waals surface area contributed by atoms with Crippen molar-refractivity contribution in [3.63, 3.8) is 0 Å². The Kier molecular flexibility index (Phi) is 2.38. The van der Waals surface area contributed by atoms with Crippen LogP contribution in [0, 0.1) is 24.2 Å². The Balaban J connectivity index is 2.17. The minimum Gasteiger partial charge on any atom is -0.461 e. The number of hydrogen-bond donors (Lipinski definition) is 0. The van der Waals surface area contributed by atoms with Gasteiger partial charge in [0.1, 0.15) is 17.4 Å². The molecule has 86 valence electrons. The fourth-order valence-electron chi connectivity index (χ4n) is 2.55. The number of fused-ring (bicyclic) bond motifs is 1. The van der Waals surface area contributed by atoms with Crippen molar-refractivity contribution in [3.05, 3.63) is 35.6 Å². The number of rotatable bonds is 1. The number of nitrogens with zero attached hydrogens (tertiary/aromatic N) is 1. The zero-order chi connectivity index (χ0) is 11.8. The number of furan rings is 1. The molecule has 0 saturated carbocycles. The molecule has 0 amide bonds. The smallest absolute Gasteiger partial charge is 0.134 e. The van der Waals surface area contributed by atoms with Crippen LogP contribution in [0.4, 0.5) is 0 Å². The second kappa shape index (κ2) is 3.90. The molecule has 0 bridgehead atoms. The summed E-state index contributed by atoms with van der Waals surface area (Å²) in [7, 11) is 0. The minimum absolute atomic E-state index is 0.0605. The Bertz CT molecular complexity index is 594. The molecule has 3 rings (SSSR count). The van der Waals surface area contributed by atoms with E-state index < -0.39 is 0 Å². The fourth-order valence-corrected chi connectivity index (χ4v) is 2.55. The van der Waals surface area contributed by atoms with Gasteiger partial charge in [-0.05, 0) is 19.4 Å². The van der Waals surface area contributed by atoms with E-state index in [9.17, 15) is 0 Å². The molecule has 2 atom stereocenters. The molecule has 2 unspecified atom stereocenters. The Hall–Kier alpha value is -1.79. The topological polar surface area (TPSA) is 46.2 Å². The lowest BCUT2D eigenvalue weighted by Gasteiger charge is -2.12. The largest absolute Gasteiger partial charge is 0.461 e. The minimum atomic E-state index is -0.136. The summed E-state index contributed by atoms with van der Waals surface area (Å²) in [5, 5.41) is 10.2. The van der Waals surface area contributed by atoms with Crippen molar-refractivity contribution in [2.45, 2.75) is 19.4 Å². The number of aryl methyl sites for hydroxylation is 1. The zero-order valence-electron chi connectivity index (χ0n) is 9.64. The molecular formula is C14H13NO2. The van der Waals surface area contributed by atoms with E-state index in [1.807, 2.05) is 31.2 Å². The van der Waals surface area contributed by atoms with Gasteiger partial charge >= 0.3 is 0 Å². The Labute approximate surface area is 99.6 Å². The number of ether oxygens (including phenoxy) is 1. The summed E-state index contributed by atoms with van der Waals surface area (Å²) in [6, 6.07) is 10.2. The number of para-hydroxylation sites is 1. The van der Waals surface area contributed by atoms with Crippen LogP contribution in [0.1, 0.15) is 23.8 Å². The lowest BCUT2D eigenvalue weighted by Crippen LogP contribution is -2.05. The number of nitriles is 1. The molecule has 3 nitrogen and oxygen atoms in total. The lowest BCUT2D eigenvalue weighted by atomic mass is 9.95. The molecule has 1 aromatic heterocycles. The molecule has 0 aliphatic carbocycles. The highest BCUT2D eigenvalue weighted by Crippen LogP contribution is 2.40. The van der Waals surface area contributed by atoms with Crippen LogP contribution in [0.15, 0.2) is 28.7 Å². The molecule has 17 heavy (non-hydrogen) atoms. The summed E-state index contributed by atoms with van der Waals surface area (Å²) in [6.45, 7) is 2.59. The first-order chi connectivity index (χ1) is 8.31. The van der Waals surface area contributed by atoms with Crippen molar-refractivity contribution in [2.75, 3.05) is 6.61 Å². The van der Waals surface area contributed by atoms with Crippen molar-refractivity contribution in [3.8, 4) is 6.07 Å². The summed E-state index contributed by atoms with van der Waals surface area (Å²) in [5.74, 6) is 0.799. The molecule has 1 saturated heterocycles. The molecule has 1 fully saturated rings. The second-order valence-corrected chi connectivity index (χ2v) is 4.38. The summed E-state index contributed by atoms with van der Waals surface area (Å²) in [6.07, 6.45) is 0.670. The molecule has 0 radical (unpaired) electrons. The molecule has 2 aromatic rings. The quantitative estimate of drug-likeness (QED) is 0.750. The Morgan fingerprint density at radius 1 is 1.35 bits per heavy atom.